The lowest BCUT2D eigenvalue weighted by molar-refractivity contribution is 0.464. The number of ether oxygens (including phenoxy) is 2. The van der Waals surface area contributed by atoms with E-state index in [1.165, 1.54) is 49.5 Å². The summed E-state index contributed by atoms with van der Waals surface area (Å²) in [5.74, 6) is 3.52. The minimum atomic E-state index is -0.322. The highest BCUT2D eigenvalue weighted by atomic mass is 16.5. The first-order valence-electron chi connectivity index (χ1n) is 20.3. The number of fused-ring (bicyclic) bond motifs is 9. The Hall–Kier alpha value is -7.48. The van der Waals surface area contributed by atoms with Crippen LogP contribution in [0.15, 0.2) is 182 Å². The Balaban J connectivity index is 1.09. The fourth-order valence-corrected chi connectivity index (χ4v) is 9.83. The zero-order valence-electron chi connectivity index (χ0n) is 32.7. The first kappa shape index (κ1) is 33.6. The molecule has 0 radical (unpaired) electrons. The second-order valence-corrected chi connectivity index (χ2v) is 16.3. The van der Waals surface area contributed by atoms with E-state index in [4.69, 9.17) is 9.47 Å². The lowest BCUT2D eigenvalue weighted by Crippen LogP contribution is -2.57. The Morgan fingerprint density at radius 3 is 1.97 bits per heavy atom. The van der Waals surface area contributed by atoms with E-state index in [-0.39, 0.29) is 12.1 Å². The number of anilines is 3. The van der Waals surface area contributed by atoms with Crippen LogP contribution in [0.4, 0.5) is 17.1 Å². The molecule has 276 valence electrons. The topological polar surface area (TPSA) is 21.7 Å². The van der Waals surface area contributed by atoms with Gasteiger partial charge in [-0.2, -0.15) is 0 Å². The largest absolute Gasteiger partial charge is 0.458 e. The summed E-state index contributed by atoms with van der Waals surface area (Å²) in [4.78, 5) is 2.44. The highest BCUT2D eigenvalue weighted by molar-refractivity contribution is 6.98. The molecule has 0 N–H and O–H groups in total. The Labute approximate surface area is 344 Å². The molecule has 0 aromatic heterocycles. The van der Waals surface area contributed by atoms with E-state index in [1.807, 2.05) is 18.2 Å². The molecule has 1 aliphatic carbocycles. The summed E-state index contributed by atoms with van der Waals surface area (Å²) in [6.07, 6.45) is 0. The second-order valence-electron chi connectivity index (χ2n) is 16.3. The van der Waals surface area contributed by atoms with Crippen molar-refractivity contribution in [2.24, 2.45) is 0 Å². The fraction of sp³-hybridized carbons (Fsp3) is 0.0545. The summed E-state index contributed by atoms with van der Waals surface area (Å²) in [7, 11) is 0. The Morgan fingerprint density at radius 2 is 1.17 bits per heavy atom. The van der Waals surface area contributed by atoms with Crippen LogP contribution in [0.1, 0.15) is 25.0 Å². The quantitative estimate of drug-likeness (QED) is 0.163. The van der Waals surface area contributed by atoms with Gasteiger partial charge in [-0.1, -0.05) is 141 Å². The minimum absolute atomic E-state index is 0.00568. The summed E-state index contributed by atoms with van der Waals surface area (Å²) < 4.78 is 13.3. The predicted molar refractivity (Wildman–Crippen MR) is 242 cm³/mol. The van der Waals surface area contributed by atoms with Crippen molar-refractivity contribution in [3.63, 3.8) is 0 Å². The van der Waals surface area contributed by atoms with E-state index < -0.39 is 0 Å². The number of para-hydroxylation sites is 1. The second kappa shape index (κ2) is 12.8. The van der Waals surface area contributed by atoms with Crippen LogP contribution in [0, 0.1) is 12.1 Å². The van der Waals surface area contributed by atoms with Crippen molar-refractivity contribution in [2.45, 2.75) is 19.3 Å². The van der Waals surface area contributed by atoms with E-state index in [2.05, 4.69) is 195 Å². The molecule has 2 aliphatic heterocycles. The third-order valence-electron chi connectivity index (χ3n) is 12.6. The first-order valence-corrected chi connectivity index (χ1v) is 20.3. The summed E-state index contributed by atoms with van der Waals surface area (Å²) in [5, 5.41) is 2.39. The lowest BCUT2D eigenvalue weighted by atomic mass is 9.34. The summed E-state index contributed by atoms with van der Waals surface area (Å²) in [6.45, 7) is 4.77. The normalized spacial score (nSPS) is 13.5. The average molecular weight is 754 g/mol. The molecule has 0 bridgehead atoms. The Kier molecular flexibility index (Phi) is 7.28. The van der Waals surface area contributed by atoms with Gasteiger partial charge in [0.15, 0.2) is 0 Å². The average Bonchev–Trinajstić information content (AvgIpc) is 3.51. The highest BCUT2D eigenvalue weighted by Gasteiger charge is 2.44. The van der Waals surface area contributed by atoms with Crippen molar-refractivity contribution in [2.75, 3.05) is 4.90 Å². The molecule has 9 aromatic rings. The molecular formula is C55H36BNO2. The monoisotopic (exact) mass is 753 g/mol. The minimum Gasteiger partial charge on any atom is -0.458 e. The van der Waals surface area contributed by atoms with Gasteiger partial charge in [0.1, 0.15) is 23.0 Å². The maximum atomic E-state index is 6.84. The van der Waals surface area contributed by atoms with Gasteiger partial charge in [-0.25, -0.2) is 0 Å². The van der Waals surface area contributed by atoms with Crippen LogP contribution in [-0.2, 0) is 5.41 Å². The highest BCUT2D eigenvalue weighted by Crippen LogP contribution is 2.55. The van der Waals surface area contributed by atoms with Gasteiger partial charge < -0.3 is 14.4 Å². The zero-order valence-corrected chi connectivity index (χ0v) is 32.7. The molecule has 0 saturated heterocycles. The van der Waals surface area contributed by atoms with Crippen molar-refractivity contribution in [1.82, 2.24) is 0 Å². The van der Waals surface area contributed by atoms with Gasteiger partial charge in [-0.05, 0) is 122 Å². The smallest absolute Gasteiger partial charge is 0.260 e. The molecule has 2 heterocycles. The molecule has 0 saturated carbocycles. The van der Waals surface area contributed by atoms with E-state index in [9.17, 15) is 0 Å². The number of hydrogen-bond donors (Lipinski definition) is 0. The SMILES string of the molecule is CC1(C)c2cc3c(cc2-c2c1cc(N(c1cccc(-c4c#cccc4)c1)c1cccc(-c4ccccc4)c1)c1ccccc21)Oc1cccc2c1B3c1ccccc1O2. The van der Waals surface area contributed by atoms with Crippen LogP contribution in [-0.4, -0.2) is 6.71 Å². The number of rotatable bonds is 5. The van der Waals surface area contributed by atoms with Gasteiger partial charge >= 0.3 is 0 Å². The summed E-state index contributed by atoms with van der Waals surface area (Å²) in [5.41, 5.74) is 15.9. The van der Waals surface area contributed by atoms with Crippen molar-refractivity contribution in [3.05, 3.63) is 205 Å². The maximum absolute atomic E-state index is 6.84. The van der Waals surface area contributed by atoms with Crippen molar-refractivity contribution in [3.8, 4) is 56.4 Å². The van der Waals surface area contributed by atoms with Gasteiger partial charge in [0.2, 0.25) is 0 Å². The van der Waals surface area contributed by atoms with E-state index >= 15 is 0 Å². The van der Waals surface area contributed by atoms with E-state index in [1.54, 1.807) is 0 Å². The maximum Gasteiger partial charge on any atom is 0.260 e. The standard InChI is InChI=1S/C55H36BNO2/c1-55(2)44-33-47-52(59-51-29-15-28-50-54(51)56(47)46-26-11-12-27-49(46)58-50)32-43(44)53-42-25-10-9-24-41(42)48(34-45(53)55)57(39-22-13-20-37(30-39)35-16-5-3-6-17-35)40-23-14-21-38(31-40)36-18-7-4-8-19-36/h3-7,9-18,20-34H,1-2H3. The van der Waals surface area contributed by atoms with Crippen molar-refractivity contribution in [1.29, 1.82) is 0 Å². The summed E-state index contributed by atoms with van der Waals surface area (Å²) in [6, 6.07) is 71.6. The molecule has 9 aromatic carbocycles. The summed E-state index contributed by atoms with van der Waals surface area (Å²) >= 11 is 0. The molecule has 59 heavy (non-hydrogen) atoms. The van der Waals surface area contributed by atoms with Crippen LogP contribution in [0.3, 0.4) is 0 Å². The fourth-order valence-electron chi connectivity index (χ4n) is 9.83. The Bertz CT molecular complexity index is 3070. The van der Waals surface area contributed by atoms with Crippen LogP contribution in [0.5, 0.6) is 23.0 Å². The van der Waals surface area contributed by atoms with Gasteiger partial charge in [-0.3, -0.25) is 0 Å². The van der Waals surface area contributed by atoms with Crippen LogP contribution in [0.2, 0.25) is 0 Å². The lowest BCUT2D eigenvalue weighted by Gasteiger charge is -2.33. The molecule has 0 spiro atoms. The van der Waals surface area contributed by atoms with E-state index in [0.29, 0.717) is 0 Å². The molecule has 4 heteroatoms. The van der Waals surface area contributed by atoms with Crippen LogP contribution < -0.4 is 30.8 Å². The van der Waals surface area contributed by atoms with Crippen molar-refractivity contribution < 1.29 is 9.47 Å². The molecule has 3 aliphatic rings. The Morgan fingerprint density at radius 1 is 0.508 bits per heavy atom. The van der Waals surface area contributed by atoms with Gasteiger partial charge in [0.05, 0.1) is 5.69 Å². The third kappa shape index (κ3) is 5.11. The zero-order chi connectivity index (χ0) is 39.2. The molecule has 0 amide bonds. The number of hydrogen-bond acceptors (Lipinski definition) is 3. The molecule has 0 unspecified atom stereocenters. The molecule has 12 rings (SSSR count). The van der Waals surface area contributed by atoms with Crippen LogP contribution >= 0.6 is 0 Å². The first-order chi connectivity index (χ1) is 29.0. The third-order valence-corrected chi connectivity index (χ3v) is 12.6. The number of benzene rings is 8. The predicted octanol–water partition coefficient (Wildman–Crippen LogP) is 12.3. The van der Waals surface area contributed by atoms with Gasteiger partial charge in [-0.15, -0.1) is 0 Å². The van der Waals surface area contributed by atoms with Gasteiger partial charge in [0, 0.05) is 33.2 Å². The molecular weight excluding hydrogens is 717 g/mol. The molecule has 0 fully saturated rings. The van der Waals surface area contributed by atoms with Gasteiger partial charge in [0.25, 0.3) is 6.71 Å². The number of nitrogens with zero attached hydrogens (tertiary/aromatic N) is 1. The molecule has 3 nitrogen and oxygen atoms in total. The molecule has 0 atom stereocenters. The van der Waals surface area contributed by atoms with Crippen LogP contribution in [0.25, 0.3) is 44.2 Å². The van der Waals surface area contributed by atoms with Crippen molar-refractivity contribution >= 4 is 50.9 Å². The van der Waals surface area contributed by atoms with E-state index in [0.717, 1.165) is 62.2 Å².